The topological polar surface area (TPSA) is 57.9 Å². The average molecular weight is 419 g/mol. The summed E-state index contributed by atoms with van der Waals surface area (Å²) in [5.41, 5.74) is 0. The molecule has 6 nitrogen and oxygen atoms in total. The van der Waals surface area contributed by atoms with E-state index in [1.165, 1.54) is 4.90 Å². The van der Waals surface area contributed by atoms with Crippen LogP contribution in [0.4, 0.5) is 0 Å². The molecule has 1 aromatic carbocycles. The number of hydrogen-bond acceptors (Lipinski definition) is 5. The van der Waals surface area contributed by atoms with Crippen molar-refractivity contribution < 1.29 is 0 Å². The Morgan fingerprint density at radius 1 is 0.931 bits per heavy atom. The summed E-state index contributed by atoms with van der Waals surface area (Å²) in [7, 11) is 0. The van der Waals surface area contributed by atoms with Crippen molar-refractivity contribution in [3.05, 3.63) is 30.3 Å². The second kappa shape index (κ2) is 16.1. The van der Waals surface area contributed by atoms with E-state index >= 15 is 0 Å². The first kappa shape index (κ1) is 25.3. The molecule has 1 N–H and O–H groups in total. The van der Waals surface area contributed by atoms with Gasteiger partial charge in [-0.15, -0.1) is 11.8 Å². The number of nitrogens with zero attached hydrogens (tertiary/aromatic N) is 5. The zero-order valence-corrected chi connectivity index (χ0v) is 19.4. The molecule has 0 bridgehead atoms. The summed E-state index contributed by atoms with van der Waals surface area (Å²) in [6.07, 6.45) is 2.08. The minimum atomic E-state index is 0.694. The highest BCUT2D eigenvalue weighted by Crippen LogP contribution is 2.16. The predicted octanol–water partition coefficient (Wildman–Crippen LogP) is 3.19. The van der Waals surface area contributed by atoms with Crippen LogP contribution in [0.25, 0.3) is 0 Å². The fourth-order valence-electron chi connectivity index (χ4n) is 3.02. The van der Waals surface area contributed by atoms with Crippen LogP contribution in [-0.4, -0.2) is 85.3 Å². The van der Waals surface area contributed by atoms with Gasteiger partial charge in [0.05, 0.1) is 6.54 Å². The van der Waals surface area contributed by atoms with Crippen LogP contribution in [0.5, 0.6) is 0 Å². The van der Waals surface area contributed by atoms with Gasteiger partial charge in [-0.2, -0.15) is 5.26 Å². The van der Waals surface area contributed by atoms with Crippen molar-refractivity contribution >= 4 is 17.7 Å². The Morgan fingerprint density at radius 2 is 1.55 bits per heavy atom. The molecule has 29 heavy (non-hydrogen) atoms. The summed E-state index contributed by atoms with van der Waals surface area (Å²) in [5, 5.41) is 12.1. The van der Waals surface area contributed by atoms with Gasteiger partial charge in [0.2, 0.25) is 5.96 Å². The van der Waals surface area contributed by atoms with E-state index in [1.54, 1.807) is 0 Å². The van der Waals surface area contributed by atoms with Gasteiger partial charge in [-0.1, -0.05) is 45.9 Å². The van der Waals surface area contributed by atoms with Crippen LogP contribution in [-0.2, 0) is 0 Å². The molecule has 0 saturated heterocycles. The molecule has 0 aliphatic heterocycles. The third kappa shape index (κ3) is 10.6. The van der Waals surface area contributed by atoms with Crippen molar-refractivity contribution in [3.63, 3.8) is 0 Å². The molecule has 0 spiro atoms. The fraction of sp³-hybridized carbons (Fsp3) is 0.636. The van der Waals surface area contributed by atoms with Crippen molar-refractivity contribution in [2.24, 2.45) is 4.99 Å². The van der Waals surface area contributed by atoms with E-state index in [1.807, 2.05) is 17.8 Å². The Morgan fingerprint density at radius 3 is 2.14 bits per heavy atom. The quantitative estimate of drug-likeness (QED) is 0.165. The van der Waals surface area contributed by atoms with Gasteiger partial charge in [0.25, 0.3) is 0 Å². The third-order valence-corrected chi connectivity index (χ3v) is 5.99. The molecule has 162 valence electrons. The van der Waals surface area contributed by atoms with Crippen LogP contribution in [0.3, 0.4) is 0 Å². The van der Waals surface area contributed by atoms with Crippen LogP contribution in [0.15, 0.2) is 40.2 Å². The Labute approximate surface area is 182 Å². The normalized spacial score (nSPS) is 11.7. The lowest BCUT2D eigenvalue weighted by Gasteiger charge is -2.28. The number of hydrogen-bond donors (Lipinski definition) is 1. The minimum absolute atomic E-state index is 0.694. The number of thioether (sulfide) groups is 1. The monoisotopic (exact) mass is 418 g/mol. The third-order valence-electron chi connectivity index (χ3n) is 4.99. The number of likely N-dealkylation sites (N-methyl/N-ethyl adjacent to an activating group) is 2. The second-order valence-corrected chi connectivity index (χ2v) is 7.81. The zero-order chi connectivity index (χ0) is 21.3. The highest BCUT2D eigenvalue weighted by atomic mass is 32.2. The molecule has 7 heteroatoms. The van der Waals surface area contributed by atoms with E-state index < -0.39 is 0 Å². The minimum Gasteiger partial charge on any atom is -0.340 e. The number of benzene rings is 1. The van der Waals surface area contributed by atoms with Gasteiger partial charge in [0.1, 0.15) is 0 Å². The summed E-state index contributed by atoms with van der Waals surface area (Å²) < 4.78 is 0. The smallest absolute Gasteiger partial charge is 0.207 e. The Kier molecular flexibility index (Phi) is 14.0. The van der Waals surface area contributed by atoms with Gasteiger partial charge in [-0.25, -0.2) is 0 Å². The first-order chi connectivity index (χ1) is 14.2. The van der Waals surface area contributed by atoms with Crippen LogP contribution >= 0.6 is 11.8 Å². The number of nitrogens with one attached hydrogen (secondary N) is 1. The van der Waals surface area contributed by atoms with Crippen molar-refractivity contribution in [1.29, 1.82) is 5.26 Å². The van der Waals surface area contributed by atoms with E-state index in [0.717, 1.165) is 58.1 Å². The van der Waals surface area contributed by atoms with Crippen molar-refractivity contribution in [3.8, 4) is 6.19 Å². The average Bonchev–Trinajstić information content (AvgIpc) is 2.76. The summed E-state index contributed by atoms with van der Waals surface area (Å²) >= 11 is 1.84. The second-order valence-electron chi connectivity index (χ2n) is 6.64. The van der Waals surface area contributed by atoms with Crippen LogP contribution in [0.1, 0.15) is 27.7 Å². The maximum Gasteiger partial charge on any atom is 0.207 e. The molecule has 0 aromatic heterocycles. The summed E-state index contributed by atoms with van der Waals surface area (Å²) in [5.74, 6) is 1.64. The van der Waals surface area contributed by atoms with Crippen molar-refractivity contribution in [2.45, 2.75) is 32.6 Å². The zero-order valence-electron chi connectivity index (χ0n) is 18.6. The number of nitriles is 1. The molecular formula is C22H38N6S. The molecule has 1 aromatic rings. The predicted molar refractivity (Wildman–Crippen MR) is 125 cm³/mol. The molecule has 0 atom stereocenters. The van der Waals surface area contributed by atoms with Crippen LogP contribution in [0, 0.1) is 11.5 Å². The lowest BCUT2D eigenvalue weighted by atomic mass is 10.4. The summed E-state index contributed by atoms with van der Waals surface area (Å²) in [6.45, 7) is 17.1. The van der Waals surface area contributed by atoms with E-state index in [9.17, 15) is 5.26 Å². The van der Waals surface area contributed by atoms with E-state index in [-0.39, 0.29) is 0 Å². The lowest BCUT2D eigenvalue weighted by Crippen LogP contribution is -2.45. The van der Waals surface area contributed by atoms with E-state index in [2.05, 4.69) is 78.2 Å². The van der Waals surface area contributed by atoms with Gasteiger partial charge in [0, 0.05) is 36.8 Å². The maximum atomic E-state index is 9.26. The first-order valence-corrected chi connectivity index (χ1v) is 11.7. The molecular weight excluding hydrogens is 380 g/mol. The molecule has 0 amide bonds. The largest absolute Gasteiger partial charge is 0.340 e. The maximum absolute atomic E-state index is 9.26. The molecule has 0 saturated carbocycles. The van der Waals surface area contributed by atoms with Crippen molar-refractivity contribution in [2.75, 3.05) is 64.7 Å². The Bertz CT molecular complexity index is 593. The molecule has 1 rings (SSSR count). The summed E-state index contributed by atoms with van der Waals surface area (Å²) in [6, 6.07) is 10.4. The highest BCUT2D eigenvalue weighted by Gasteiger charge is 2.13. The highest BCUT2D eigenvalue weighted by molar-refractivity contribution is 7.99. The van der Waals surface area contributed by atoms with Gasteiger partial charge in [0.15, 0.2) is 6.19 Å². The van der Waals surface area contributed by atoms with Gasteiger partial charge < -0.3 is 14.7 Å². The molecule has 0 fully saturated rings. The molecule has 0 aliphatic rings. The van der Waals surface area contributed by atoms with Crippen LogP contribution in [0.2, 0.25) is 0 Å². The Hall–Kier alpha value is -1.75. The van der Waals surface area contributed by atoms with E-state index in [4.69, 9.17) is 4.99 Å². The first-order valence-electron chi connectivity index (χ1n) is 10.7. The molecule has 0 aliphatic carbocycles. The van der Waals surface area contributed by atoms with Crippen LogP contribution < -0.4 is 5.32 Å². The van der Waals surface area contributed by atoms with Gasteiger partial charge in [-0.3, -0.25) is 10.3 Å². The molecule has 0 heterocycles. The Balaban J connectivity index is 2.77. The SMILES string of the molecule is CCN(CC)CCN=C(NC#N)N(CCSc1ccccc1)CCN(CC)CC. The van der Waals surface area contributed by atoms with Gasteiger partial charge >= 0.3 is 0 Å². The number of rotatable bonds is 14. The fourth-order valence-corrected chi connectivity index (χ4v) is 3.92. The van der Waals surface area contributed by atoms with E-state index in [0.29, 0.717) is 12.5 Å². The lowest BCUT2D eigenvalue weighted by molar-refractivity contribution is 0.269. The number of aliphatic imine (C=N–C) groups is 1. The van der Waals surface area contributed by atoms with Crippen molar-refractivity contribution in [1.82, 2.24) is 20.0 Å². The van der Waals surface area contributed by atoms with Gasteiger partial charge in [-0.05, 0) is 38.3 Å². The standard InChI is InChI=1S/C22H38N6S/c1-5-26(6-2)15-14-24-22(25-20-23)28(17-16-27(7-3)8-4)18-19-29-21-12-10-9-11-13-21/h9-13H,5-8,14-19H2,1-4H3,(H,24,25). The number of guanidine groups is 1. The summed E-state index contributed by atoms with van der Waals surface area (Å²) in [4.78, 5) is 13.0. The molecule has 0 unspecified atom stereocenters. The molecule has 0 radical (unpaired) electrons.